The van der Waals surface area contributed by atoms with E-state index in [2.05, 4.69) is 21.4 Å². The zero-order valence-electron chi connectivity index (χ0n) is 12.8. The van der Waals surface area contributed by atoms with Crippen molar-refractivity contribution in [1.29, 1.82) is 0 Å². The first-order valence-corrected chi connectivity index (χ1v) is 7.85. The molecule has 0 saturated carbocycles. The molecule has 1 aromatic heterocycles. The normalized spacial score (nSPS) is 19.5. The van der Waals surface area contributed by atoms with E-state index in [0.29, 0.717) is 12.5 Å². The van der Waals surface area contributed by atoms with Crippen LogP contribution in [0.15, 0.2) is 30.6 Å². The van der Waals surface area contributed by atoms with Crippen molar-refractivity contribution in [1.82, 2.24) is 14.5 Å². The molecular weight excluding hydrogens is 284 g/mol. The van der Waals surface area contributed by atoms with Gasteiger partial charge in [0.2, 0.25) is 0 Å². The molecule has 118 valence electrons. The van der Waals surface area contributed by atoms with E-state index >= 15 is 0 Å². The first-order valence-electron chi connectivity index (χ1n) is 7.85. The maximum atomic E-state index is 13.8. The minimum Gasteiger partial charge on any atom is -0.335 e. The van der Waals surface area contributed by atoms with Crippen molar-refractivity contribution in [3.05, 3.63) is 53.6 Å². The van der Waals surface area contributed by atoms with Crippen LogP contribution >= 0.6 is 0 Å². The summed E-state index contributed by atoms with van der Waals surface area (Å²) in [5.74, 6) is 0.495. The summed E-state index contributed by atoms with van der Waals surface area (Å²) >= 11 is 0. The molecule has 2 heterocycles. The van der Waals surface area contributed by atoms with Gasteiger partial charge in [0.05, 0.1) is 0 Å². The molecule has 0 radical (unpaired) electrons. The van der Waals surface area contributed by atoms with Gasteiger partial charge in [0.25, 0.3) is 0 Å². The van der Waals surface area contributed by atoms with Gasteiger partial charge in [-0.3, -0.25) is 4.90 Å². The minimum atomic E-state index is -0.461. The molecule has 1 aliphatic heterocycles. The number of rotatable bonds is 4. The zero-order chi connectivity index (χ0) is 15.5. The highest BCUT2D eigenvalue weighted by Gasteiger charge is 2.25. The van der Waals surface area contributed by atoms with E-state index in [0.717, 1.165) is 38.3 Å². The standard InChI is InChI=1S/C17H21F2N3/c1-2-22-10-8-20-17(22)13-5-4-9-21(11-13)12-14-15(18)6-3-7-16(14)19/h3,6-8,10,13H,2,4-5,9,11-12H2,1H3. The van der Waals surface area contributed by atoms with Crippen LogP contribution in [0.4, 0.5) is 8.78 Å². The molecule has 1 aliphatic rings. The number of benzene rings is 1. The van der Waals surface area contributed by atoms with Gasteiger partial charge < -0.3 is 4.57 Å². The van der Waals surface area contributed by atoms with Crippen LogP contribution < -0.4 is 0 Å². The van der Waals surface area contributed by atoms with Gasteiger partial charge in [-0.1, -0.05) is 6.07 Å². The summed E-state index contributed by atoms with van der Waals surface area (Å²) in [4.78, 5) is 6.60. The summed E-state index contributed by atoms with van der Waals surface area (Å²) in [6.45, 7) is 4.98. The molecule has 1 saturated heterocycles. The quantitative estimate of drug-likeness (QED) is 0.861. The molecule has 5 heteroatoms. The first-order chi connectivity index (χ1) is 10.7. The molecule has 0 N–H and O–H groups in total. The lowest BCUT2D eigenvalue weighted by molar-refractivity contribution is 0.190. The Kier molecular flexibility index (Phi) is 4.52. The van der Waals surface area contributed by atoms with Gasteiger partial charge in [0.15, 0.2) is 0 Å². The second-order valence-corrected chi connectivity index (χ2v) is 5.85. The molecule has 0 spiro atoms. The predicted octanol–water partition coefficient (Wildman–Crippen LogP) is 3.56. The number of piperidine rings is 1. The van der Waals surface area contributed by atoms with Gasteiger partial charge in [-0.25, -0.2) is 13.8 Å². The lowest BCUT2D eigenvalue weighted by Gasteiger charge is -2.32. The van der Waals surface area contributed by atoms with Gasteiger partial charge in [0, 0.05) is 43.5 Å². The van der Waals surface area contributed by atoms with Crippen LogP contribution in [0.1, 0.15) is 37.1 Å². The third kappa shape index (κ3) is 3.04. The highest BCUT2D eigenvalue weighted by molar-refractivity contribution is 5.19. The molecular formula is C17H21F2N3. The SMILES string of the molecule is CCn1ccnc1C1CCCN(Cc2c(F)cccc2F)C1. The third-order valence-corrected chi connectivity index (χ3v) is 4.40. The van der Waals surface area contributed by atoms with Gasteiger partial charge >= 0.3 is 0 Å². The smallest absolute Gasteiger partial charge is 0.130 e. The fourth-order valence-electron chi connectivity index (χ4n) is 3.26. The Morgan fingerprint density at radius 1 is 1.27 bits per heavy atom. The summed E-state index contributed by atoms with van der Waals surface area (Å²) in [7, 11) is 0. The van der Waals surface area contributed by atoms with E-state index in [1.54, 1.807) is 0 Å². The molecule has 2 aromatic rings. The fourth-order valence-corrected chi connectivity index (χ4v) is 3.26. The molecule has 3 rings (SSSR count). The Morgan fingerprint density at radius 3 is 2.77 bits per heavy atom. The number of aromatic nitrogens is 2. The van der Waals surface area contributed by atoms with Crippen molar-refractivity contribution < 1.29 is 8.78 Å². The molecule has 0 aliphatic carbocycles. The highest BCUT2D eigenvalue weighted by Crippen LogP contribution is 2.27. The Labute approximate surface area is 129 Å². The number of halogens is 2. The summed E-state index contributed by atoms with van der Waals surface area (Å²) in [6, 6.07) is 4.05. The number of hydrogen-bond acceptors (Lipinski definition) is 2. The average molecular weight is 305 g/mol. The minimum absolute atomic E-state index is 0.169. The van der Waals surface area contributed by atoms with Crippen LogP contribution in [0.3, 0.4) is 0 Å². The van der Waals surface area contributed by atoms with E-state index in [1.807, 2.05) is 12.4 Å². The second kappa shape index (κ2) is 6.57. The number of imidazole rings is 1. The largest absolute Gasteiger partial charge is 0.335 e. The fraction of sp³-hybridized carbons (Fsp3) is 0.471. The van der Waals surface area contributed by atoms with Crippen LogP contribution in [-0.4, -0.2) is 27.5 Å². The van der Waals surface area contributed by atoms with E-state index in [-0.39, 0.29) is 5.56 Å². The van der Waals surface area contributed by atoms with Crippen LogP contribution in [0.25, 0.3) is 0 Å². The van der Waals surface area contributed by atoms with Crippen molar-refractivity contribution in [2.45, 2.75) is 38.8 Å². The monoisotopic (exact) mass is 305 g/mol. The van der Waals surface area contributed by atoms with Crippen molar-refractivity contribution in [2.75, 3.05) is 13.1 Å². The summed E-state index contributed by atoms with van der Waals surface area (Å²) in [5.41, 5.74) is 0.169. The summed E-state index contributed by atoms with van der Waals surface area (Å²) < 4.78 is 29.8. The molecule has 0 amide bonds. The Balaban J connectivity index is 1.74. The first kappa shape index (κ1) is 15.2. The van der Waals surface area contributed by atoms with Crippen molar-refractivity contribution in [3.8, 4) is 0 Å². The molecule has 22 heavy (non-hydrogen) atoms. The van der Waals surface area contributed by atoms with E-state index in [1.165, 1.54) is 18.2 Å². The van der Waals surface area contributed by atoms with Crippen molar-refractivity contribution in [2.24, 2.45) is 0 Å². The zero-order valence-corrected chi connectivity index (χ0v) is 12.8. The predicted molar refractivity (Wildman–Crippen MR) is 81.5 cm³/mol. The van der Waals surface area contributed by atoms with Crippen LogP contribution in [0.2, 0.25) is 0 Å². The number of aryl methyl sites for hydroxylation is 1. The van der Waals surface area contributed by atoms with Gasteiger partial charge in [0.1, 0.15) is 17.5 Å². The summed E-state index contributed by atoms with van der Waals surface area (Å²) in [5, 5.41) is 0. The lowest BCUT2D eigenvalue weighted by atomic mass is 9.96. The topological polar surface area (TPSA) is 21.1 Å². The summed E-state index contributed by atoms with van der Waals surface area (Å²) in [6.07, 6.45) is 5.92. The Bertz CT molecular complexity index is 618. The van der Waals surface area contributed by atoms with Gasteiger partial charge in [-0.05, 0) is 38.4 Å². The maximum Gasteiger partial charge on any atom is 0.130 e. The Morgan fingerprint density at radius 2 is 2.05 bits per heavy atom. The van der Waals surface area contributed by atoms with Crippen LogP contribution in [0, 0.1) is 11.6 Å². The van der Waals surface area contributed by atoms with Gasteiger partial charge in [-0.15, -0.1) is 0 Å². The van der Waals surface area contributed by atoms with Gasteiger partial charge in [-0.2, -0.15) is 0 Å². The molecule has 1 fully saturated rings. The number of likely N-dealkylation sites (tertiary alicyclic amines) is 1. The number of hydrogen-bond donors (Lipinski definition) is 0. The average Bonchev–Trinajstić information content (AvgIpc) is 3.00. The molecule has 0 bridgehead atoms. The lowest BCUT2D eigenvalue weighted by Crippen LogP contribution is -2.35. The van der Waals surface area contributed by atoms with Crippen molar-refractivity contribution in [3.63, 3.8) is 0 Å². The number of nitrogens with zero attached hydrogens (tertiary/aromatic N) is 3. The van der Waals surface area contributed by atoms with Crippen LogP contribution in [0.5, 0.6) is 0 Å². The third-order valence-electron chi connectivity index (χ3n) is 4.40. The van der Waals surface area contributed by atoms with E-state index in [4.69, 9.17) is 0 Å². The maximum absolute atomic E-state index is 13.8. The van der Waals surface area contributed by atoms with Crippen LogP contribution in [-0.2, 0) is 13.1 Å². The second-order valence-electron chi connectivity index (χ2n) is 5.85. The van der Waals surface area contributed by atoms with E-state index < -0.39 is 11.6 Å². The van der Waals surface area contributed by atoms with Crippen molar-refractivity contribution >= 4 is 0 Å². The molecule has 1 aromatic carbocycles. The van der Waals surface area contributed by atoms with E-state index in [9.17, 15) is 8.78 Å². The molecule has 1 unspecified atom stereocenters. The molecule has 1 atom stereocenters. The highest BCUT2D eigenvalue weighted by atomic mass is 19.1. The Hall–Kier alpha value is -1.75. The molecule has 3 nitrogen and oxygen atoms in total.